The van der Waals surface area contributed by atoms with Crippen LogP contribution in [0.4, 0.5) is 4.39 Å². The summed E-state index contributed by atoms with van der Waals surface area (Å²) >= 11 is 11.3. The van der Waals surface area contributed by atoms with Crippen LogP contribution in [-0.4, -0.2) is 18.3 Å². The van der Waals surface area contributed by atoms with E-state index in [2.05, 4.69) is 12.2 Å². The lowest BCUT2D eigenvalue weighted by Crippen LogP contribution is -2.24. The summed E-state index contributed by atoms with van der Waals surface area (Å²) in [7, 11) is 0. The lowest BCUT2D eigenvalue weighted by atomic mass is 10.1. The number of nitrogens with one attached hydrogen (secondary N) is 1. The van der Waals surface area contributed by atoms with Crippen LogP contribution >= 0.6 is 23.2 Å². The van der Waals surface area contributed by atoms with E-state index < -0.39 is 5.82 Å². The average molecular weight is 292 g/mol. The second-order valence-electron chi connectivity index (χ2n) is 4.29. The van der Waals surface area contributed by atoms with Gasteiger partial charge in [0.1, 0.15) is 5.82 Å². The van der Waals surface area contributed by atoms with Crippen molar-refractivity contribution in [3.05, 3.63) is 34.6 Å². The molecule has 1 aromatic rings. The molecule has 0 aliphatic rings. The summed E-state index contributed by atoms with van der Waals surface area (Å²) in [6.07, 6.45) is 1.84. The molecule has 1 aromatic carbocycles. The lowest BCUT2D eigenvalue weighted by Gasteiger charge is -2.08. The Labute approximate surface area is 116 Å². The first-order valence-corrected chi connectivity index (χ1v) is 6.75. The van der Waals surface area contributed by atoms with Crippen molar-refractivity contribution in [1.82, 2.24) is 5.32 Å². The van der Waals surface area contributed by atoms with Gasteiger partial charge < -0.3 is 5.32 Å². The Morgan fingerprint density at radius 1 is 1.50 bits per heavy atom. The SMILES string of the molecule is CC(CCl)CCCNC(=O)c1ccc(F)c(Cl)c1. The van der Waals surface area contributed by atoms with Crippen molar-refractivity contribution in [3.63, 3.8) is 0 Å². The summed E-state index contributed by atoms with van der Waals surface area (Å²) < 4.78 is 12.9. The van der Waals surface area contributed by atoms with Crippen molar-refractivity contribution in [2.75, 3.05) is 12.4 Å². The van der Waals surface area contributed by atoms with Gasteiger partial charge in [-0.25, -0.2) is 4.39 Å². The number of rotatable bonds is 6. The fraction of sp³-hybridized carbons (Fsp3) is 0.462. The van der Waals surface area contributed by atoms with Gasteiger partial charge in [0.15, 0.2) is 0 Å². The van der Waals surface area contributed by atoms with Crippen molar-refractivity contribution in [3.8, 4) is 0 Å². The van der Waals surface area contributed by atoms with Crippen LogP contribution < -0.4 is 5.32 Å². The lowest BCUT2D eigenvalue weighted by molar-refractivity contribution is 0.0952. The topological polar surface area (TPSA) is 29.1 Å². The van der Waals surface area contributed by atoms with Crippen molar-refractivity contribution >= 4 is 29.1 Å². The van der Waals surface area contributed by atoms with Gasteiger partial charge in [-0.2, -0.15) is 0 Å². The van der Waals surface area contributed by atoms with Crippen LogP contribution in [0, 0.1) is 11.7 Å². The first-order valence-electron chi connectivity index (χ1n) is 5.83. The first-order chi connectivity index (χ1) is 8.54. The molecule has 0 radical (unpaired) electrons. The Morgan fingerprint density at radius 2 is 2.22 bits per heavy atom. The molecule has 100 valence electrons. The Kier molecular flexibility index (Phi) is 6.44. The second kappa shape index (κ2) is 7.59. The molecule has 1 rings (SSSR count). The number of hydrogen-bond acceptors (Lipinski definition) is 1. The van der Waals surface area contributed by atoms with Crippen molar-refractivity contribution < 1.29 is 9.18 Å². The predicted molar refractivity (Wildman–Crippen MR) is 72.9 cm³/mol. The zero-order valence-corrected chi connectivity index (χ0v) is 11.7. The van der Waals surface area contributed by atoms with Gasteiger partial charge >= 0.3 is 0 Å². The Bertz CT molecular complexity index is 412. The van der Waals surface area contributed by atoms with Gasteiger partial charge in [0.25, 0.3) is 5.91 Å². The molecular weight excluding hydrogens is 276 g/mol. The first kappa shape index (κ1) is 15.3. The van der Waals surface area contributed by atoms with Crippen molar-refractivity contribution in [2.24, 2.45) is 5.92 Å². The normalized spacial score (nSPS) is 12.2. The zero-order valence-electron chi connectivity index (χ0n) is 10.2. The number of halogens is 3. The summed E-state index contributed by atoms with van der Waals surface area (Å²) in [5.74, 6) is 0.310. The Morgan fingerprint density at radius 3 is 2.83 bits per heavy atom. The summed E-state index contributed by atoms with van der Waals surface area (Å²) in [6.45, 7) is 2.64. The molecule has 1 amide bonds. The van der Waals surface area contributed by atoms with Crippen LogP contribution in [-0.2, 0) is 0 Å². The summed E-state index contributed by atoms with van der Waals surface area (Å²) in [5, 5.41) is 2.72. The molecule has 5 heteroatoms. The Balaban J connectivity index is 2.39. The van der Waals surface area contributed by atoms with Crippen LogP contribution in [0.5, 0.6) is 0 Å². The minimum absolute atomic E-state index is 0.0431. The van der Waals surface area contributed by atoms with Crippen LogP contribution in [0.25, 0.3) is 0 Å². The maximum atomic E-state index is 12.9. The minimum Gasteiger partial charge on any atom is -0.352 e. The van der Waals surface area contributed by atoms with Crippen LogP contribution in [0.15, 0.2) is 18.2 Å². The highest BCUT2D eigenvalue weighted by Crippen LogP contribution is 2.15. The average Bonchev–Trinajstić information content (AvgIpc) is 2.37. The molecule has 0 aromatic heterocycles. The summed E-state index contributed by atoms with van der Waals surface area (Å²) in [6, 6.07) is 3.93. The number of benzene rings is 1. The van der Waals surface area contributed by atoms with E-state index in [0.29, 0.717) is 23.9 Å². The summed E-state index contributed by atoms with van der Waals surface area (Å²) in [4.78, 5) is 11.7. The molecule has 0 heterocycles. The van der Waals surface area contributed by atoms with Crippen LogP contribution in [0.1, 0.15) is 30.1 Å². The largest absolute Gasteiger partial charge is 0.352 e. The number of amides is 1. The van der Waals surface area contributed by atoms with Crippen LogP contribution in [0.3, 0.4) is 0 Å². The summed E-state index contributed by atoms with van der Waals surface area (Å²) in [5.41, 5.74) is 0.367. The minimum atomic E-state index is -0.524. The van der Waals surface area contributed by atoms with Gasteiger partial charge in [-0.15, -0.1) is 11.6 Å². The van der Waals surface area contributed by atoms with E-state index in [4.69, 9.17) is 23.2 Å². The van der Waals surface area contributed by atoms with E-state index in [1.165, 1.54) is 18.2 Å². The molecule has 0 spiro atoms. The van der Waals surface area contributed by atoms with Gasteiger partial charge in [-0.1, -0.05) is 18.5 Å². The molecule has 0 aliphatic carbocycles. The number of carbonyl (C=O) groups excluding carboxylic acids is 1. The second-order valence-corrected chi connectivity index (χ2v) is 5.00. The van der Waals surface area contributed by atoms with E-state index in [9.17, 15) is 9.18 Å². The molecule has 1 unspecified atom stereocenters. The number of carbonyl (C=O) groups is 1. The maximum Gasteiger partial charge on any atom is 0.251 e. The van der Waals surface area contributed by atoms with Gasteiger partial charge in [0, 0.05) is 18.0 Å². The Hall–Kier alpha value is -0.800. The number of hydrogen-bond donors (Lipinski definition) is 1. The fourth-order valence-electron chi connectivity index (χ4n) is 1.47. The molecule has 2 nitrogen and oxygen atoms in total. The molecule has 1 N–H and O–H groups in total. The molecule has 0 fully saturated rings. The quantitative estimate of drug-likeness (QED) is 0.626. The highest BCUT2D eigenvalue weighted by Gasteiger charge is 2.08. The van der Waals surface area contributed by atoms with Crippen LogP contribution in [0.2, 0.25) is 5.02 Å². The third-order valence-corrected chi connectivity index (χ3v) is 3.42. The van der Waals surface area contributed by atoms with E-state index >= 15 is 0 Å². The van der Waals surface area contributed by atoms with E-state index in [-0.39, 0.29) is 10.9 Å². The molecule has 18 heavy (non-hydrogen) atoms. The molecular formula is C13H16Cl2FNO. The highest BCUT2D eigenvalue weighted by atomic mass is 35.5. The standard InChI is InChI=1S/C13H16Cl2FNO/c1-9(8-14)3-2-6-17-13(18)10-4-5-12(16)11(15)7-10/h4-5,7,9H,2-3,6,8H2,1H3,(H,17,18). The smallest absolute Gasteiger partial charge is 0.251 e. The number of alkyl halides is 1. The van der Waals surface area contributed by atoms with Gasteiger partial charge in [-0.05, 0) is 37.0 Å². The zero-order chi connectivity index (χ0) is 13.5. The third-order valence-electron chi connectivity index (χ3n) is 2.60. The third kappa shape index (κ3) is 4.83. The van der Waals surface area contributed by atoms with E-state index in [1.54, 1.807) is 0 Å². The highest BCUT2D eigenvalue weighted by molar-refractivity contribution is 6.31. The van der Waals surface area contributed by atoms with E-state index in [0.717, 1.165) is 12.8 Å². The van der Waals surface area contributed by atoms with Crippen molar-refractivity contribution in [2.45, 2.75) is 19.8 Å². The maximum absolute atomic E-state index is 12.9. The van der Waals surface area contributed by atoms with E-state index in [1.807, 2.05) is 0 Å². The van der Waals surface area contributed by atoms with Gasteiger partial charge in [0.2, 0.25) is 0 Å². The monoisotopic (exact) mass is 291 g/mol. The molecule has 0 aliphatic heterocycles. The molecule has 0 saturated heterocycles. The van der Waals surface area contributed by atoms with Crippen molar-refractivity contribution in [1.29, 1.82) is 0 Å². The van der Waals surface area contributed by atoms with Gasteiger partial charge in [-0.3, -0.25) is 4.79 Å². The molecule has 1 atom stereocenters. The fourth-order valence-corrected chi connectivity index (χ4v) is 1.80. The molecule has 0 bridgehead atoms. The van der Waals surface area contributed by atoms with Gasteiger partial charge in [0.05, 0.1) is 5.02 Å². The predicted octanol–water partition coefficient (Wildman–Crippen LogP) is 3.86. The molecule has 0 saturated carbocycles.